The number of nitrogens with one attached hydrogen (secondary N) is 1. The molecular formula is C27H36N4O. The maximum Gasteiger partial charge on any atom is 0.325 e. The molecular weight excluding hydrogens is 396 g/mol. The fourth-order valence-electron chi connectivity index (χ4n) is 6.17. The molecule has 32 heavy (non-hydrogen) atoms. The molecule has 1 aromatic carbocycles. The summed E-state index contributed by atoms with van der Waals surface area (Å²) in [5.74, 6) is 0.665. The summed E-state index contributed by atoms with van der Waals surface area (Å²) in [4.78, 5) is 22.6. The number of amides is 2. The molecule has 0 bridgehead atoms. The van der Waals surface area contributed by atoms with Crippen LogP contribution in [0.4, 0.5) is 10.5 Å². The number of rotatable bonds is 5. The van der Waals surface area contributed by atoms with Gasteiger partial charge in [-0.3, -0.25) is 9.88 Å². The Kier molecular flexibility index (Phi) is 5.48. The van der Waals surface area contributed by atoms with Crippen LogP contribution in [0.15, 0.2) is 42.6 Å². The number of urea groups is 1. The highest BCUT2D eigenvalue weighted by atomic mass is 16.2. The van der Waals surface area contributed by atoms with Gasteiger partial charge in [-0.15, -0.1) is 0 Å². The summed E-state index contributed by atoms with van der Waals surface area (Å²) in [5.41, 5.74) is 4.38. The third-order valence-corrected chi connectivity index (χ3v) is 8.50. The van der Waals surface area contributed by atoms with E-state index in [9.17, 15) is 4.79 Å². The summed E-state index contributed by atoms with van der Waals surface area (Å²) < 4.78 is 0. The van der Waals surface area contributed by atoms with Gasteiger partial charge in [0, 0.05) is 17.8 Å². The van der Waals surface area contributed by atoms with Gasteiger partial charge in [0.05, 0.1) is 24.0 Å². The van der Waals surface area contributed by atoms with Crippen LogP contribution in [0.1, 0.15) is 61.8 Å². The third-order valence-electron chi connectivity index (χ3n) is 8.50. The number of hydrogen-bond donors (Lipinski definition) is 1. The SMILES string of the molecule is CN[C@]1(c2ccccc2)CC[C@]2(CC1)CN(c1cnc(C)cc1C)C(=O)N2CC1CCC1. The molecule has 2 aliphatic carbocycles. The van der Waals surface area contributed by atoms with Gasteiger partial charge in [-0.25, -0.2) is 4.79 Å². The van der Waals surface area contributed by atoms with E-state index in [2.05, 4.69) is 65.6 Å². The fourth-order valence-corrected chi connectivity index (χ4v) is 6.17. The van der Waals surface area contributed by atoms with Gasteiger partial charge in [-0.05, 0) is 82.5 Å². The summed E-state index contributed by atoms with van der Waals surface area (Å²) >= 11 is 0. The van der Waals surface area contributed by atoms with Crippen LogP contribution in [-0.2, 0) is 5.54 Å². The van der Waals surface area contributed by atoms with E-state index >= 15 is 0 Å². The largest absolute Gasteiger partial charge is 0.325 e. The zero-order chi connectivity index (χ0) is 22.3. The van der Waals surface area contributed by atoms with Crippen molar-refractivity contribution >= 4 is 11.7 Å². The number of benzene rings is 1. The Morgan fingerprint density at radius 3 is 2.41 bits per heavy atom. The lowest BCUT2D eigenvalue weighted by atomic mass is 9.68. The predicted octanol–water partition coefficient (Wildman–Crippen LogP) is 5.17. The summed E-state index contributed by atoms with van der Waals surface area (Å²) in [5, 5.41) is 3.66. The normalized spacial score (nSPS) is 28.4. The van der Waals surface area contributed by atoms with Gasteiger partial charge in [0.25, 0.3) is 0 Å². The van der Waals surface area contributed by atoms with Gasteiger partial charge < -0.3 is 10.2 Å². The van der Waals surface area contributed by atoms with E-state index < -0.39 is 0 Å². The van der Waals surface area contributed by atoms with Crippen molar-refractivity contribution in [1.29, 1.82) is 0 Å². The maximum atomic E-state index is 13.8. The smallest absolute Gasteiger partial charge is 0.317 e. The van der Waals surface area contributed by atoms with Gasteiger partial charge in [0.1, 0.15) is 0 Å². The van der Waals surface area contributed by atoms with E-state index in [0.717, 1.165) is 55.7 Å². The van der Waals surface area contributed by atoms with Gasteiger partial charge in [0.15, 0.2) is 0 Å². The molecule has 5 heteroatoms. The number of pyridine rings is 1. The standard InChI is InChI=1S/C27H36N4O/c1-20-16-21(2)29-17-24(20)30-19-26(31(25(30)32)18-22-8-7-9-22)12-14-27(28-3,15-13-26)23-10-5-4-6-11-23/h4-6,10-11,16-17,22,28H,7-9,12-15,18-19H2,1-3H3/t26-,27+. The lowest BCUT2D eigenvalue weighted by Crippen LogP contribution is -2.56. The zero-order valence-electron chi connectivity index (χ0n) is 19.7. The van der Waals surface area contributed by atoms with Crippen LogP contribution in [-0.4, -0.2) is 41.6 Å². The van der Waals surface area contributed by atoms with Crippen molar-refractivity contribution in [2.75, 3.05) is 25.0 Å². The number of nitrogens with zero attached hydrogens (tertiary/aromatic N) is 3. The molecule has 0 unspecified atom stereocenters. The summed E-state index contributed by atoms with van der Waals surface area (Å²) in [6.45, 7) is 5.79. The monoisotopic (exact) mass is 432 g/mol. The zero-order valence-corrected chi connectivity index (χ0v) is 19.7. The van der Waals surface area contributed by atoms with Crippen molar-refractivity contribution in [1.82, 2.24) is 15.2 Å². The van der Waals surface area contributed by atoms with E-state index in [4.69, 9.17) is 0 Å². The molecule has 1 saturated heterocycles. The van der Waals surface area contributed by atoms with Crippen molar-refractivity contribution in [3.8, 4) is 0 Å². The third kappa shape index (κ3) is 3.51. The summed E-state index contributed by atoms with van der Waals surface area (Å²) in [6.07, 6.45) is 9.86. The van der Waals surface area contributed by atoms with Crippen LogP contribution in [0, 0.1) is 19.8 Å². The molecule has 1 aromatic heterocycles. The Balaban J connectivity index is 1.45. The summed E-state index contributed by atoms with van der Waals surface area (Å²) in [6, 6.07) is 13.1. The highest BCUT2D eigenvalue weighted by molar-refractivity contribution is 5.96. The van der Waals surface area contributed by atoms with Crippen LogP contribution in [0.25, 0.3) is 0 Å². The number of aromatic nitrogens is 1. The second-order valence-corrected chi connectivity index (χ2v) is 10.3. The molecule has 1 aliphatic heterocycles. The van der Waals surface area contributed by atoms with Crippen molar-refractivity contribution in [2.24, 2.45) is 5.92 Å². The van der Waals surface area contributed by atoms with Crippen LogP contribution in [0.5, 0.6) is 0 Å². The lowest BCUT2D eigenvalue weighted by molar-refractivity contribution is 0.0593. The first-order valence-electron chi connectivity index (χ1n) is 12.2. The van der Waals surface area contributed by atoms with Crippen molar-refractivity contribution in [3.05, 3.63) is 59.4 Å². The predicted molar refractivity (Wildman–Crippen MR) is 129 cm³/mol. The molecule has 0 atom stereocenters. The van der Waals surface area contributed by atoms with Gasteiger partial charge in [-0.1, -0.05) is 36.8 Å². The minimum Gasteiger partial charge on any atom is -0.317 e. The van der Waals surface area contributed by atoms with Crippen LogP contribution < -0.4 is 10.2 Å². The number of hydrogen-bond acceptors (Lipinski definition) is 3. The molecule has 2 aromatic rings. The minimum absolute atomic E-state index is 0.00749. The van der Waals surface area contributed by atoms with E-state index in [0.29, 0.717) is 5.92 Å². The lowest BCUT2D eigenvalue weighted by Gasteiger charge is -2.49. The van der Waals surface area contributed by atoms with Gasteiger partial charge in [-0.2, -0.15) is 0 Å². The number of carbonyl (C=O) groups excluding carboxylic acids is 1. The number of carbonyl (C=O) groups is 1. The molecule has 2 amide bonds. The van der Waals surface area contributed by atoms with E-state index in [1.807, 2.05) is 18.0 Å². The molecule has 5 rings (SSSR count). The van der Waals surface area contributed by atoms with Crippen LogP contribution in [0.3, 0.4) is 0 Å². The van der Waals surface area contributed by atoms with Crippen molar-refractivity contribution < 1.29 is 4.79 Å². The van der Waals surface area contributed by atoms with Gasteiger partial charge in [0.2, 0.25) is 0 Å². The number of anilines is 1. The minimum atomic E-state index is -0.0842. The maximum absolute atomic E-state index is 13.8. The molecule has 3 aliphatic rings. The van der Waals surface area contributed by atoms with E-state index in [-0.39, 0.29) is 17.1 Å². The molecule has 5 nitrogen and oxygen atoms in total. The van der Waals surface area contributed by atoms with E-state index in [1.165, 1.54) is 24.8 Å². The Hall–Kier alpha value is -2.40. The highest BCUT2D eigenvalue weighted by Crippen LogP contribution is 2.48. The molecule has 2 saturated carbocycles. The van der Waals surface area contributed by atoms with E-state index in [1.54, 1.807) is 0 Å². The topological polar surface area (TPSA) is 48.5 Å². The molecule has 1 N–H and O–H groups in total. The van der Waals surface area contributed by atoms with Crippen molar-refractivity contribution in [3.63, 3.8) is 0 Å². The average molecular weight is 433 g/mol. The number of aryl methyl sites for hydroxylation is 2. The molecule has 2 heterocycles. The second-order valence-electron chi connectivity index (χ2n) is 10.3. The summed E-state index contributed by atoms with van der Waals surface area (Å²) in [7, 11) is 2.09. The Morgan fingerprint density at radius 2 is 1.81 bits per heavy atom. The van der Waals surface area contributed by atoms with Crippen LogP contribution >= 0.6 is 0 Å². The first-order valence-corrected chi connectivity index (χ1v) is 12.2. The quantitative estimate of drug-likeness (QED) is 0.709. The first-order chi connectivity index (χ1) is 15.5. The fraction of sp³-hybridized carbons (Fsp3) is 0.556. The molecule has 1 spiro atoms. The molecule has 170 valence electrons. The van der Waals surface area contributed by atoms with Crippen molar-refractivity contribution in [2.45, 2.75) is 69.9 Å². The first kappa shape index (κ1) is 21.4. The Labute approximate surface area is 192 Å². The average Bonchev–Trinajstić information content (AvgIpc) is 3.03. The molecule has 3 fully saturated rings. The molecule has 0 radical (unpaired) electrons. The van der Waals surface area contributed by atoms with Crippen LogP contribution in [0.2, 0.25) is 0 Å². The Bertz CT molecular complexity index is 976. The highest BCUT2D eigenvalue weighted by Gasteiger charge is 2.54. The Morgan fingerprint density at radius 1 is 1.09 bits per heavy atom. The van der Waals surface area contributed by atoms with Gasteiger partial charge >= 0.3 is 6.03 Å². The second kappa shape index (κ2) is 8.18.